The van der Waals surface area contributed by atoms with Gasteiger partial charge < -0.3 is 5.11 Å². The highest BCUT2D eigenvalue weighted by atomic mass is 32.1. The van der Waals surface area contributed by atoms with Crippen LogP contribution in [-0.4, -0.2) is 5.11 Å². The van der Waals surface area contributed by atoms with Crippen LogP contribution in [0.3, 0.4) is 0 Å². The Bertz CT molecular complexity index is 507. The molecule has 1 heterocycles. The van der Waals surface area contributed by atoms with Gasteiger partial charge in [-0.25, -0.2) is 0 Å². The van der Waals surface area contributed by atoms with Crippen LogP contribution in [0.2, 0.25) is 0 Å². The van der Waals surface area contributed by atoms with E-state index in [2.05, 4.69) is 6.07 Å². The quantitative estimate of drug-likeness (QED) is 0.692. The summed E-state index contributed by atoms with van der Waals surface area (Å²) in [7, 11) is 0. The number of rotatable bonds is 0. The van der Waals surface area contributed by atoms with Gasteiger partial charge in [0.25, 0.3) is 0 Å². The summed E-state index contributed by atoms with van der Waals surface area (Å²) in [5.74, 6) is 0.222. The van der Waals surface area contributed by atoms with Gasteiger partial charge in [-0.2, -0.15) is 5.26 Å². The maximum Gasteiger partial charge on any atom is 0.116 e. The number of aryl methyl sites for hydroxylation is 1. The standard InChI is InChI=1S/C10H7NOS/c1-6-2-8(12)3-9-7(4-11)5-13-10(6)9/h2-3,5,12H,1H3. The van der Waals surface area contributed by atoms with Crippen molar-refractivity contribution in [3.8, 4) is 11.8 Å². The van der Waals surface area contributed by atoms with Gasteiger partial charge in [-0.3, -0.25) is 0 Å². The molecule has 0 spiro atoms. The summed E-state index contributed by atoms with van der Waals surface area (Å²) in [6.45, 7) is 1.93. The SMILES string of the molecule is Cc1cc(O)cc2c(C#N)csc12. The van der Waals surface area contributed by atoms with Crippen LogP contribution >= 0.6 is 11.3 Å². The van der Waals surface area contributed by atoms with E-state index >= 15 is 0 Å². The van der Waals surface area contributed by atoms with Crippen LogP contribution in [0, 0.1) is 18.3 Å². The van der Waals surface area contributed by atoms with Crippen molar-refractivity contribution in [1.82, 2.24) is 0 Å². The number of fused-ring (bicyclic) bond motifs is 1. The van der Waals surface area contributed by atoms with Gasteiger partial charge in [0.05, 0.1) is 5.56 Å². The van der Waals surface area contributed by atoms with Crippen LogP contribution in [0.5, 0.6) is 5.75 Å². The Labute approximate surface area is 79.7 Å². The molecule has 64 valence electrons. The second-order valence-electron chi connectivity index (χ2n) is 2.90. The Kier molecular flexibility index (Phi) is 1.71. The molecular weight excluding hydrogens is 182 g/mol. The first-order valence-corrected chi connectivity index (χ1v) is 4.71. The number of hydrogen-bond donors (Lipinski definition) is 1. The van der Waals surface area contributed by atoms with Crippen LogP contribution in [0.4, 0.5) is 0 Å². The molecule has 0 saturated heterocycles. The second kappa shape index (κ2) is 2.75. The monoisotopic (exact) mass is 189 g/mol. The Hall–Kier alpha value is -1.53. The summed E-state index contributed by atoms with van der Waals surface area (Å²) in [5.41, 5.74) is 1.65. The molecule has 0 aliphatic heterocycles. The van der Waals surface area contributed by atoms with Crippen LogP contribution in [-0.2, 0) is 0 Å². The molecule has 2 aromatic rings. The summed E-state index contributed by atoms with van der Waals surface area (Å²) in [6, 6.07) is 5.45. The van der Waals surface area contributed by atoms with Gasteiger partial charge in [0, 0.05) is 15.5 Å². The predicted molar refractivity (Wildman–Crippen MR) is 52.9 cm³/mol. The lowest BCUT2D eigenvalue weighted by Gasteiger charge is -1.97. The van der Waals surface area contributed by atoms with E-state index in [4.69, 9.17) is 5.26 Å². The zero-order valence-corrected chi connectivity index (χ0v) is 7.85. The number of aromatic hydroxyl groups is 1. The number of nitrogens with zero attached hydrogens (tertiary/aromatic N) is 1. The molecule has 0 aliphatic rings. The van der Waals surface area contributed by atoms with Crippen LogP contribution in [0.15, 0.2) is 17.5 Å². The summed E-state index contributed by atoms with van der Waals surface area (Å²) in [6.07, 6.45) is 0. The number of thiophene rings is 1. The maximum absolute atomic E-state index is 9.34. The second-order valence-corrected chi connectivity index (χ2v) is 3.78. The number of phenolic OH excluding ortho intramolecular Hbond substituents is 1. The summed E-state index contributed by atoms with van der Waals surface area (Å²) >= 11 is 1.54. The molecule has 0 bridgehead atoms. The fourth-order valence-corrected chi connectivity index (χ4v) is 2.34. The average Bonchev–Trinajstić information content (AvgIpc) is 2.47. The van der Waals surface area contributed by atoms with Crippen molar-refractivity contribution in [3.63, 3.8) is 0 Å². The van der Waals surface area contributed by atoms with E-state index in [1.165, 1.54) is 0 Å². The molecule has 0 aliphatic carbocycles. The third kappa shape index (κ3) is 1.16. The number of nitriles is 1. The van der Waals surface area contributed by atoms with Crippen LogP contribution < -0.4 is 0 Å². The number of benzene rings is 1. The third-order valence-electron chi connectivity index (χ3n) is 1.96. The van der Waals surface area contributed by atoms with Gasteiger partial charge in [-0.05, 0) is 24.6 Å². The minimum atomic E-state index is 0.222. The van der Waals surface area contributed by atoms with Crippen molar-refractivity contribution in [3.05, 3.63) is 28.6 Å². The Morgan fingerprint density at radius 3 is 2.92 bits per heavy atom. The van der Waals surface area contributed by atoms with Gasteiger partial charge in [-0.1, -0.05) is 0 Å². The molecule has 13 heavy (non-hydrogen) atoms. The molecule has 1 N–H and O–H groups in total. The largest absolute Gasteiger partial charge is 0.508 e. The van der Waals surface area contributed by atoms with Gasteiger partial charge in [0.2, 0.25) is 0 Å². The smallest absolute Gasteiger partial charge is 0.116 e. The van der Waals surface area contributed by atoms with Gasteiger partial charge in [-0.15, -0.1) is 11.3 Å². The molecule has 0 unspecified atom stereocenters. The van der Waals surface area contributed by atoms with E-state index in [0.29, 0.717) is 5.56 Å². The normalized spacial score (nSPS) is 10.2. The molecule has 0 amide bonds. The molecule has 2 nitrogen and oxygen atoms in total. The molecule has 0 fully saturated rings. The highest BCUT2D eigenvalue weighted by Crippen LogP contribution is 2.31. The van der Waals surface area contributed by atoms with E-state index in [1.54, 1.807) is 23.5 Å². The molecule has 1 aromatic heterocycles. The van der Waals surface area contributed by atoms with Gasteiger partial charge in [0.15, 0.2) is 0 Å². The molecule has 2 rings (SSSR count). The molecule has 3 heteroatoms. The first-order chi connectivity index (χ1) is 6.22. The van der Waals surface area contributed by atoms with Crippen molar-refractivity contribution >= 4 is 21.4 Å². The molecule has 0 radical (unpaired) electrons. The van der Waals surface area contributed by atoms with Crippen molar-refractivity contribution < 1.29 is 5.11 Å². The van der Waals surface area contributed by atoms with Crippen LogP contribution in [0.1, 0.15) is 11.1 Å². The topological polar surface area (TPSA) is 44.0 Å². The van der Waals surface area contributed by atoms with E-state index < -0.39 is 0 Å². The molecule has 1 aromatic carbocycles. The third-order valence-corrected chi connectivity index (χ3v) is 3.10. The zero-order valence-electron chi connectivity index (χ0n) is 7.03. The molecule has 0 atom stereocenters. The number of hydrogen-bond acceptors (Lipinski definition) is 3. The fraction of sp³-hybridized carbons (Fsp3) is 0.100. The lowest BCUT2D eigenvalue weighted by atomic mass is 10.1. The zero-order chi connectivity index (χ0) is 9.42. The first-order valence-electron chi connectivity index (χ1n) is 3.83. The minimum absolute atomic E-state index is 0.222. The Morgan fingerprint density at radius 1 is 1.46 bits per heavy atom. The van der Waals surface area contributed by atoms with Crippen molar-refractivity contribution in [2.45, 2.75) is 6.92 Å². The van der Waals surface area contributed by atoms with E-state index in [1.807, 2.05) is 12.3 Å². The Balaban J connectivity index is 2.92. The van der Waals surface area contributed by atoms with E-state index in [9.17, 15) is 5.11 Å². The minimum Gasteiger partial charge on any atom is -0.508 e. The maximum atomic E-state index is 9.34. The van der Waals surface area contributed by atoms with Gasteiger partial charge in [0.1, 0.15) is 11.8 Å². The molecule has 0 saturated carbocycles. The summed E-state index contributed by atoms with van der Waals surface area (Å²) < 4.78 is 1.08. The molecular formula is C10H7NOS. The van der Waals surface area contributed by atoms with E-state index in [0.717, 1.165) is 15.6 Å². The lowest BCUT2D eigenvalue weighted by molar-refractivity contribution is 0.476. The fourth-order valence-electron chi connectivity index (χ4n) is 1.38. The number of phenols is 1. The van der Waals surface area contributed by atoms with Gasteiger partial charge >= 0.3 is 0 Å². The van der Waals surface area contributed by atoms with Crippen molar-refractivity contribution in [1.29, 1.82) is 5.26 Å². The van der Waals surface area contributed by atoms with Crippen molar-refractivity contribution in [2.24, 2.45) is 0 Å². The summed E-state index contributed by atoms with van der Waals surface area (Å²) in [4.78, 5) is 0. The first kappa shape index (κ1) is 8.09. The lowest BCUT2D eigenvalue weighted by Crippen LogP contribution is -1.74. The van der Waals surface area contributed by atoms with E-state index in [-0.39, 0.29) is 5.75 Å². The predicted octanol–water partition coefficient (Wildman–Crippen LogP) is 2.79. The highest BCUT2D eigenvalue weighted by molar-refractivity contribution is 7.17. The Morgan fingerprint density at radius 2 is 2.23 bits per heavy atom. The summed E-state index contributed by atoms with van der Waals surface area (Å²) in [5, 5.41) is 20.8. The average molecular weight is 189 g/mol. The van der Waals surface area contributed by atoms with Crippen LogP contribution in [0.25, 0.3) is 10.1 Å². The van der Waals surface area contributed by atoms with Crippen molar-refractivity contribution in [2.75, 3.05) is 0 Å². The highest BCUT2D eigenvalue weighted by Gasteiger charge is 2.06.